The maximum absolute atomic E-state index is 10.5. The highest BCUT2D eigenvalue weighted by Crippen LogP contribution is 2.42. The molecular weight excluding hydrogens is 196 g/mol. The van der Waals surface area contributed by atoms with Crippen LogP contribution < -0.4 is 0 Å². The van der Waals surface area contributed by atoms with Gasteiger partial charge in [0.1, 0.15) is 0 Å². The van der Waals surface area contributed by atoms with Crippen molar-refractivity contribution >= 4 is 0 Å². The Bertz CT molecular complexity index is 345. The Morgan fingerprint density at radius 3 is 2.75 bits per heavy atom. The summed E-state index contributed by atoms with van der Waals surface area (Å²) in [4.78, 5) is 0. The molecule has 1 aliphatic carbocycles. The highest BCUT2D eigenvalue weighted by Gasteiger charge is 2.32. The van der Waals surface area contributed by atoms with Crippen LogP contribution in [0.1, 0.15) is 49.8 Å². The number of hydrogen-bond acceptors (Lipinski definition) is 1. The number of aryl methyl sites for hydroxylation is 1. The average molecular weight is 218 g/mol. The molecule has 2 unspecified atom stereocenters. The molecule has 0 amide bonds. The van der Waals surface area contributed by atoms with Gasteiger partial charge in [-0.3, -0.25) is 0 Å². The molecule has 1 heteroatoms. The lowest BCUT2D eigenvalue weighted by Crippen LogP contribution is -2.17. The first-order valence-corrected chi connectivity index (χ1v) is 6.47. The van der Waals surface area contributed by atoms with Gasteiger partial charge >= 0.3 is 0 Å². The predicted molar refractivity (Wildman–Crippen MR) is 67.3 cm³/mol. The van der Waals surface area contributed by atoms with E-state index in [-0.39, 0.29) is 6.10 Å². The summed E-state index contributed by atoms with van der Waals surface area (Å²) in [5.41, 5.74) is 2.35. The highest BCUT2D eigenvalue weighted by molar-refractivity contribution is 5.28. The molecule has 1 aromatic carbocycles. The van der Waals surface area contributed by atoms with Crippen molar-refractivity contribution in [3.8, 4) is 0 Å². The topological polar surface area (TPSA) is 20.2 Å². The van der Waals surface area contributed by atoms with Crippen LogP contribution >= 0.6 is 0 Å². The minimum absolute atomic E-state index is 0.256. The Morgan fingerprint density at radius 1 is 1.31 bits per heavy atom. The third-order valence-corrected chi connectivity index (χ3v) is 4.15. The number of rotatable bonds is 3. The van der Waals surface area contributed by atoms with E-state index < -0.39 is 0 Å². The van der Waals surface area contributed by atoms with E-state index in [4.69, 9.17) is 0 Å². The van der Waals surface area contributed by atoms with Gasteiger partial charge in [0.25, 0.3) is 0 Å². The van der Waals surface area contributed by atoms with E-state index in [1.165, 1.54) is 31.2 Å². The number of benzene rings is 1. The minimum Gasteiger partial charge on any atom is -0.388 e. The summed E-state index contributed by atoms with van der Waals surface area (Å²) in [6.45, 7) is 4.34. The van der Waals surface area contributed by atoms with Crippen molar-refractivity contribution in [3.63, 3.8) is 0 Å². The Kier molecular flexibility index (Phi) is 3.65. The van der Waals surface area contributed by atoms with Crippen LogP contribution in [-0.4, -0.2) is 5.11 Å². The van der Waals surface area contributed by atoms with E-state index in [1.54, 1.807) is 0 Å². The van der Waals surface area contributed by atoms with E-state index in [2.05, 4.69) is 26.0 Å². The molecule has 88 valence electrons. The SMILES string of the molecule is CCC1CCCC1[C@@H](O)c1ccccc1C. The molecule has 1 aromatic rings. The van der Waals surface area contributed by atoms with Gasteiger partial charge in [0, 0.05) is 0 Å². The monoisotopic (exact) mass is 218 g/mol. The first kappa shape index (κ1) is 11.7. The van der Waals surface area contributed by atoms with Crippen molar-refractivity contribution in [1.29, 1.82) is 0 Å². The first-order chi connectivity index (χ1) is 7.74. The number of aliphatic hydroxyl groups excluding tert-OH is 1. The minimum atomic E-state index is -0.256. The summed E-state index contributed by atoms with van der Waals surface area (Å²) in [7, 11) is 0. The van der Waals surface area contributed by atoms with Gasteiger partial charge in [-0.1, -0.05) is 50.5 Å². The van der Waals surface area contributed by atoms with Crippen LogP contribution in [0.15, 0.2) is 24.3 Å². The zero-order valence-electron chi connectivity index (χ0n) is 10.3. The van der Waals surface area contributed by atoms with E-state index in [0.29, 0.717) is 5.92 Å². The van der Waals surface area contributed by atoms with Gasteiger partial charge in [0.15, 0.2) is 0 Å². The molecule has 1 nitrogen and oxygen atoms in total. The zero-order valence-corrected chi connectivity index (χ0v) is 10.3. The normalized spacial score (nSPS) is 26.9. The van der Waals surface area contributed by atoms with E-state index in [9.17, 15) is 5.11 Å². The Labute approximate surface area is 98.5 Å². The molecule has 0 spiro atoms. The molecule has 0 aromatic heterocycles. The van der Waals surface area contributed by atoms with Gasteiger partial charge < -0.3 is 5.11 Å². The van der Waals surface area contributed by atoms with Crippen LogP contribution in [0.4, 0.5) is 0 Å². The Hall–Kier alpha value is -0.820. The van der Waals surface area contributed by atoms with Crippen molar-refractivity contribution in [2.75, 3.05) is 0 Å². The fraction of sp³-hybridized carbons (Fsp3) is 0.600. The van der Waals surface area contributed by atoms with E-state index in [1.807, 2.05) is 12.1 Å². The molecule has 0 bridgehead atoms. The fourth-order valence-corrected chi connectivity index (χ4v) is 3.14. The molecule has 1 fully saturated rings. The van der Waals surface area contributed by atoms with Crippen LogP contribution in [0.25, 0.3) is 0 Å². The zero-order chi connectivity index (χ0) is 11.5. The van der Waals surface area contributed by atoms with Gasteiger partial charge in [-0.15, -0.1) is 0 Å². The van der Waals surface area contributed by atoms with Crippen molar-refractivity contribution in [2.24, 2.45) is 11.8 Å². The van der Waals surface area contributed by atoms with Gasteiger partial charge in [-0.05, 0) is 36.3 Å². The van der Waals surface area contributed by atoms with Crippen molar-refractivity contribution < 1.29 is 5.11 Å². The summed E-state index contributed by atoms with van der Waals surface area (Å²) < 4.78 is 0. The fourth-order valence-electron chi connectivity index (χ4n) is 3.14. The van der Waals surface area contributed by atoms with Gasteiger partial charge in [0.2, 0.25) is 0 Å². The number of hydrogen-bond donors (Lipinski definition) is 1. The standard InChI is InChI=1S/C15H22O/c1-3-12-8-6-10-14(12)15(16)13-9-5-4-7-11(13)2/h4-5,7,9,12,14-16H,3,6,8,10H2,1-2H3/t12?,14?,15-/m0/s1. The molecule has 1 N–H and O–H groups in total. The van der Waals surface area contributed by atoms with Gasteiger partial charge in [-0.2, -0.15) is 0 Å². The van der Waals surface area contributed by atoms with Crippen LogP contribution in [0.2, 0.25) is 0 Å². The van der Waals surface area contributed by atoms with Gasteiger partial charge in [-0.25, -0.2) is 0 Å². The molecule has 0 aliphatic heterocycles. The van der Waals surface area contributed by atoms with Crippen LogP contribution in [0.5, 0.6) is 0 Å². The predicted octanol–water partition coefficient (Wildman–Crippen LogP) is 3.85. The Balaban J connectivity index is 2.18. The lowest BCUT2D eigenvalue weighted by atomic mass is 9.84. The lowest BCUT2D eigenvalue weighted by molar-refractivity contribution is 0.0838. The molecule has 2 rings (SSSR count). The molecule has 3 atom stereocenters. The second-order valence-corrected chi connectivity index (χ2v) is 5.06. The summed E-state index contributed by atoms with van der Waals surface area (Å²) >= 11 is 0. The third kappa shape index (κ3) is 2.15. The number of aliphatic hydroxyl groups is 1. The summed E-state index contributed by atoms with van der Waals surface area (Å²) in [6, 6.07) is 8.23. The highest BCUT2D eigenvalue weighted by atomic mass is 16.3. The maximum Gasteiger partial charge on any atom is 0.0823 e. The maximum atomic E-state index is 10.5. The van der Waals surface area contributed by atoms with Crippen molar-refractivity contribution in [3.05, 3.63) is 35.4 Å². The van der Waals surface area contributed by atoms with Crippen molar-refractivity contribution in [2.45, 2.75) is 45.6 Å². The molecule has 0 radical (unpaired) electrons. The Morgan fingerprint density at radius 2 is 2.06 bits per heavy atom. The first-order valence-electron chi connectivity index (χ1n) is 6.47. The summed E-state index contributed by atoms with van der Waals surface area (Å²) in [5.74, 6) is 1.20. The third-order valence-electron chi connectivity index (χ3n) is 4.15. The molecule has 1 aliphatic rings. The van der Waals surface area contributed by atoms with Crippen LogP contribution in [0, 0.1) is 18.8 Å². The summed E-state index contributed by atoms with van der Waals surface area (Å²) in [6.07, 6.45) is 4.71. The van der Waals surface area contributed by atoms with Crippen molar-refractivity contribution in [1.82, 2.24) is 0 Å². The quantitative estimate of drug-likeness (QED) is 0.817. The van der Waals surface area contributed by atoms with E-state index in [0.717, 1.165) is 11.5 Å². The van der Waals surface area contributed by atoms with Gasteiger partial charge in [0.05, 0.1) is 6.10 Å². The molecule has 0 saturated heterocycles. The lowest BCUT2D eigenvalue weighted by Gasteiger charge is -2.25. The van der Waals surface area contributed by atoms with Crippen LogP contribution in [0.3, 0.4) is 0 Å². The molecule has 16 heavy (non-hydrogen) atoms. The van der Waals surface area contributed by atoms with Crippen LogP contribution in [-0.2, 0) is 0 Å². The second kappa shape index (κ2) is 5.01. The largest absolute Gasteiger partial charge is 0.388 e. The summed E-state index contributed by atoms with van der Waals surface area (Å²) in [5, 5.41) is 10.5. The molecule has 0 heterocycles. The molecule has 1 saturated carbocycles. The average Bonchev–Trinajstić information content (AvgIpc) is 2.77. The smallest absolute Gasteiger partial charge is 0.0823 e. The van der Waals surface area contributed by atoms with E-state index >= 15 is 0 Å². The molecular formula is C15H22O. The second-order valence-electron chi connectivity index (χ2n) is 5.06.